The molecule has 0 saturated heterocycles. The minimum absolute atomic E-state index is 0.0147. The van der Waals surface area contributed by atoms with Crippen molar-refractivity contribution in [1.29, 1.82) is 0 Å². The molecule has 0 saturated carbocycles. The molecule has 176 valence electrons. The summed E-state index contributed by atoms with van der Waals surface area (Å²) in [6.07, 6.45) is 1.90. The number of benzene rings is 3. The number of carbonyl (C=O) groups excluding carboxylic acids is 1. The van der Waals surface area contributed by atoms with Gasteiger partial charge in [-0.2, -0.15) is 0 Å². The first-order chi connectivity index (χ1) is 16.9. The van der Waals surface area contributed by atoms with E-state index < -0.39 is 5.97 Å². The van der Waals surface area contributed by atoms with Crippen molar-refractivity contribution in [2.24, 2.45) is 4.99 Å². The standard InChI is InChI=1S/C28H26N4O3/c1-32(2)16-17-4-8-21(9-5-17)30-26(19-7-11-23-18(14-19)12-13-29-23)25-22-10-6-20(28(34)35-3)15-24(22)31-27(25)33/h4-15,29,31,33H,16H2,1-3H3. The molecule has 5 aromatic rings. The molecular weight excluding hydrogens is 440 g/mol. The zero-order valence-electron chi connectivity index (χ0n) is 19.8. The molecule has 0 radical (unpaired) electrons. The Bertz CT molecular complexity index is 1560. The number of hydrogen-bond donors (Lipinski definition) is 3. The van der Waals surface area contributed by atoms with Crippen molar-refractivity contribution in [3.63, 3.8) is 0 Å². The van der Waals surface area contributed by atoms with Crippen LogP contribution in [0, 0.1) is 0 Å². The van der Waals surface area contributed by atoms with Crippen LogP contribution >= 0.6 is 0 Å². The Morgan fingerprint density at radius 2 is 1.74 bits per heavy atom. The van der Waals surface area contributed by atoms with Gasteiger partial charge in [0.15, 0.2) is 5.88 Å². The van der Waals surface area contributed by atoms with Gasteiger partial charge in [-0.25, -0.2) is 9.79 Å². The molecule has 0 bridgehead atoms. The van der Waals surface area contributed by atoms with Crippen molar-refractivity contribution in [3.05, 3.63) is 95.2 Å². The van der Waals surface area contributed by atoms with Crippen molar-refractivity contribution >= 4 is 39.2 Å². The molecule has 7 nitrogen and oxygen atoms in total. The van der Waals surface area contributed by atoms with E-state index in [9.17, 15) is 9.90 Å². The van der Waals surface area contributed by atoms with E-state index in [2.05, 4.69) is 27.0 Å². The van der Waals surface area contributed by atoms with Crippen LogP contribution in [-0.4, -0.2) is 52.9 Å². The first-order valence-electron chi connectivity index (χ1n) is 11.3. The fourth-order valence-electron chi connectivity index (χ4n) is 4.30. The molecule has 0 unspecified atom stereocenters. The third kappa shape index (κ3) is 4.41. The first-order valence-corrected chi connectivity index (χ1v) is 11.3. The van der Waals surface area contributed by atoms with Crippen LogP contribution in [0.5, 0.6) is 5.88 Å². The maximum absolute atomic E-state index is 12.0. The Kier molecular flexibility index (Phi) is 5.84. The van der Waals surface area contributed by atoms with Crippen molar-refractivity contribution in [1.82, 2.24) is 14.9 Å². The normalized spacial score (nSPS) is 12.1. The molecular formula is C28H26N4O3. The first kappa shape index (κ1) is 22.4. The molecule has 5 rings (SSSR count). The largest absolute Gasteiger partial charge is 0.494 e. The Morgan fingerprint density at radius 3 is 2.49 bits per heavy atom. The zero-order chi connectivity index (χ0) is 24.5. The summed E-state index contributed by atoms with van der Waals surface area (Å²) in [5, 5.41) is 12.8. The van der Waals surface area contributed by atoms with E-state index in [1.807, 2.05) is 56.7 Å². The van der Waals surface area contributed by atoms with Crippen molar-refractivity contribution in [3.8, 4) is 5.88 Å². The molecule has 0 aliphatic carbocycles. The second-order valence-electron chi connectivity index (χ2n) is 8.74. The summed E-state index contributed by atoms with van der Waals surface area (Å²) in [6.45, 7) is 0.840. The summed E-state index contributed by atoms with van der Waals surface area (Å²) in [6, 6.07) is 21.3. The van der Waals surface area contributed by atoms with Gasteiger partial charge in [0, 0.05) is 40.1 Å². The Labute approximate surface area is 202 Å². The van der Waals surface area contributed by atoms with Crippen LogP contribution < -0.4 is 0 Å². The topological polar surface area (TPSA) is 93.7 Å². The van der Waals surface area contributed by atoms with Gasteiger partial charge in [0.05, 0.1) is 29.6 Å². The van der Waals surface area contributed by atoms with E-state index in [4.69, 9.17) is 9.73 Å². The molecule has 3 N–H and O–H groups in total. The Morgan fingerprint density at radius 1 is 0.971 bits per heavy atom. The maximum atomic E-state index is 12.0. The monoisotopic (exact) mass is 466 g/mol. The fourth-order valence-corrected chi connectivity index (χ4v) is 4.30. The number of rotatable bonds is 6. The molecule has 0 amide bonds. The number of aromatic hydroxyl groups is 1. The molecule has 0 aliphatic heterocycles. The van der Waals surface area contributed by atoms with Crippen LogP contribution in [0.4, 0.5) is 5.69 Å². The van der Waals surface area contributed by atoms with E-state index in [-0.39, 0.29) is 5.88 Å². The van der Waals surface area contributed by atoms with Gasteiger partial charge in [0.2, 0.25) is 0 Å². The molecule has 35 heavy (non-hydrogen) atoms. The number of nitrogens with zero attached hydrogens (tertiary/aromatic N) is 2. The lowest BCUT2D eigenvalue weighted by atomic mass is 9.99. The number of esters is 1. The van der Waals surface area contributed by atoms with E-state index in [0.29, 0.717) is 22.4 Å². The number of H-pyrrole nitrogens is 2. The Hall–Kier alpha value is -4.36. The number of nitrogens with one attached hydrogen (secondary N) is 2. The average molecular weight is 467 g/mol. The SMILES string of the molecule is COC(=O)c1ccc2c(C(=Nc3ccc(CN(C)C)cc3)c3ccc4[nH]ccc4c3)c(O)[nH]c2c1. The van der Waals surface area contributed by atoms with Crippen LogP contribution in [-0.2, 0) is 11.3 Å². The van der Waals surface area contributed by atoms with E-state index in [1.165, 1.54) is 12.7 Å². The fraction of sp³-hybridized carbons (Fsp3) is 0.143. The van der Waals surface area contributed by atoms with Crippen LogP contribution in [0.25, 0.3) is 21.8 Å². The minimum atomic E-state index is -0.438. The highest BCUT2D eigenvalue weighted by molar-refractivity contribution is 6.22. The van der Waals surface area contributed by atoms with Crippen LogP contribution in [0.2, 0.25) is 0 Å². The summed E-state index contributed by atoms with van der Waals surface area (Å²) in [5.41, 5.74) is 6.07. The molecule has 2 aromatic heterocycles. The number of methoxy groups -OCH3 is 1. The second kappa shape index (κ2) is 9.12. The van der Waals surface area contributed by atoms with Crippen molar-refractivity contribution < 1.29 is 14.6 Å². The number of hydrogen-bond acceptors (Lipinski definition) is 5. The lowest BCUT2D eigenvalue weighted by molar-refractivity contribution is 0.0601. The van der Waals surface area contributed by atoms with Crippen LogP contribution in [0.15, 0.2) is 77.9 Å². The molecule has 0 fully saturated rings. The van der Waals surface area contributed by atoms with Crippen molar-refractivity contribution in [2.75, 3.05) is 21.2 Å². The van der Waals surface area contributed by atoms with E-state index in [0.717, 1.165) is 34.1 Å². The maximum Gasteiger partial charge on any atom is 0.337 e. The van der Waals surface area contributed by atoms with Crippen LogP contribution in [0.3, 0.4) is 0 Å². The number of carbonyl (C=O) groups is 1. The van der Waals surface area contributed by atoms with Gasteiger partial charge >= 0.3 is 5.97 Å². The third-order valence-electron chi connectivity index (χ3n) is 5.94. The number of fused-ring (bicyclic) bond motifs is 2. The second-order valence-corrected chi connectivity index (χ2v) is 8.74. The van der Waals surface area contributed by atoms with Gasteiger partial charge in [-0.15, -0.1) is 0 Å². The van der Waals surface area contributed by atoms with Gasteiger partial charge in [-0.3, -0.25) is 0 Å². The van der Waals surface area contributed by atoms with Gasteiger partial charge in [-0.05, 0) is 62.1 Å². The summed E-state index contributed by atoms with van der Waals surface area (Å²) in [4.78, 5) is 25.3. The quantitative estimate of drug-likeness (QED) is 0.232. The summed E-state index contributed by atoms with van der Waals surface area (Å²) < 4.78 is 4.84. The minimum Gasteiger partial charge on any atom is -0.494 e. The summed E-state index contributed by atoms with van der Waals surface area (Å²) >= 11 is 0. The molecule has 0 spiro atoms. The summed E-state index contributed by atoms with van der Waals surface area (Å²) in [5.74, 6) is -0.452. The van der Waals surface area contributed by atoms with E-state index >= 15 is 0 Å². The highest BCUT2D eigenvalue weighted by atomic mass is 16.5. The van der Waals surface area contributed by atoms with Crippen molar-refractivity contribution in [2.45, 2.75) is 6.54 Å². The Balaban J connectivity index is 1.68. The molecule has 7 heteroatoms. The summed E-state index contributed by atoms with van der Waals surface area (Å²) in [7, 11) is 5.41. The zero-order valence-corrected chi connectivity index (χ0v) is 19.8. The molecule has 0 aliphatic rings. The average Bonchev–Trinajstić information content (AvgIpc) is 3.45. The van der Waals surface area contributed by atoms with Crippen LogP contribution in [0.1, 0.15) is 27.0 Å². The van der Waals surface area contributed by atoms with Gasteiger partial charge in [-0.1, -0.05) is 24.3 Å². The lowest BCUT2D eigenvalue weighted by Gasteiger charge is -2.11. The molecule has 0 atom stereocenters. The molecule has 3 aromatic carbocycles. The van der Waals surface area contributed by atoms with Gasteiger partial charge in [0.25, 0.3) is 0 Å². The number of ether oxygens (including phenoxy) is 1. The van der Waals surface area contributed by atoms with E-state index in [1.54, 1.807) is 18.2 Å². The predicted octanol–water partition coefficient (Wildman–Crippen LogP) is 5.37. The number of aromatic amines is 2. The number of aliphatic imine (C=N–C) groups is 1. The third-order valence-corrected chi connectivity index (χ3v) is 5.94. The smallest absolute Gasteiger partial charge is 0.337 e. The van der Waals surface area contributed by atoms with Gasteiger partial charge < -0.3 is 24.7 Å². The predicted molar refractivity (Wildman–Crippen MR) is 139 cm³/mol. The lowest BCUT2D eigenvalue weighted by Crippen LogP contribution is -2.10. The molecule has 2 heterocycles. The number of aromatic nitrogens is 2. The highest BCUT2D eigenvalue weighted by Gasteiger charge is 2.20. The van der Waals surface area contributed by atoms with Gasteiger partial charge in [0.1, 0.15) is 0 Å². The highest BCUT2D eigenvalue weighted by Crippen LogP contribution is 2.33.